The van der Waals surface area contributed by atoms with Crippen LogP contribution in [0.2, 0.25) is 0 Å². The molecule has 0 saturated heterocycles. The summed E-state index contributed by atoms with van der Waals surface area (Å²) < 4.78 is 1.06. The summed E-state index contributed by atoms with van der Waals surface area (Å²) in [5.74, 6) is -0.778. The number of rotatable bonds is 6. The van der Waals surface area contributed by atoms with Crippen molar-refractivity contribution in [3.63, 3.8) is 0 Å². The molecule has 0 saturated carbocycles. The summed E-state index contributed by atoms with van der Waals surface area (Å²) in [7, 11) is 0. The third kappa shape index (κ3) is 4.62. The van der Waals surface area contributed by atoms with Crippen molar-refractivity contribution in [2.75, 3.05) is 13.1 Å². The van der Waals surface area contributed by atoms with E-state index < -0.39 is 11.4 Å². The molecular weight excluding hydrogens is 306 g/mol. The van der Waals surface area contributed by atoms with E-state index in [2.05, 4.69) is 47.2 Å². The van der Waals surface area contributed by atoms with Crippen LogP contribution in [-0.2, 0) is 10.2 Å². The second-order valence-electron chi connectivity index (χ2n) is 6.19. The molecule has 4 heteroatoms. The van der Waals surface area contributed by atoms with E-state index in [1.165, 1.54) is 5.56 Å². The highest BCUT2D eigenvalue weighted by atomic mass is 79.9. The van der Waals surface area contributed by atoms with Crippen LogP contribution in [0.25, 0.3) is 0 Å². The summed E-state index contributed by atoms with van der Waals surface area (Å²) in [4.78, 5) is 11.0. The first-order chi connectivity index (χ1) is 8.65. The van der Waals surface area contributed by atoms with Crippen LogP contribution in [0.1, 0.15) is 33.3 Å². The van der Waals surface area contributed by atoms with E-state index in [0.717, 1.165) is 11.0 Å². The molecule has 3 nitrogen and oxygen atoms in total. The summed E-state index contributed by atoms with van der Waals surface area (Å²) >= 11 is 3.48. The summed E-state index contributed by atoms with van der Waals surface area (Å²) in [5, 5.41) is 12.3. The third-order valence-corrected chi connectivity index (χ3v) is 3.81. The normalized spacial score (nSPS) is 12.5. The molecule has 106 valence electrons. The van der Waals surface area contributed by atoms with E-state index in [1.807, 2.05) is 12.1 Å². The fraction of sp³-hybridized carbons (Fsp3) is 0.533. The lowest BCUT2D eigenvalue weighted by Gasteiger charge is -2.28. The Kier molecular flexibility index (Phi) is 5.16. The number of aliphatic carboxylic acids is 1. The first-order valence-corrected chi connectivity index (χ1v) is 7.15. The van der Waals surface area contributed by atoms with Gasteiger partial charge in [0.2, 0.25) is 0 Å². The van der Waals surface area contributed by atoms with Crippen LogP contribution in [0.5, 0.6) is 0 Å². The minimum absolute atomic E-state index is 0.0433. The smallest absolute Gasteiger partial charge is 0.310 e. The fourth-order valence-electron chi connectivity index (χ4n) is 1.77. The van der Waals surface area contributed by atoms with Crippen molar-refractivity contribution < 1.29 is 9.90 Å². The Morgan fingerprint density at radius 1 is 1.26 bits per heavy atom. The maximum atomic E-state index is 11.0. The first kappa shape index (κ1) is 16.2. The number of nitrogens with one attached hydrogen (secondary N) is 1. The number of benzene rings is 1. The van der Waals surface area contributed by atoms with Gasteiger partial charge in [-0.2, -0.15) is 0 Å². The summed E-state index contributed by atoms with van der Waals surface area (Å²) in [5.41, 5.74) is 0.439. The molecule has 0 radical (unpaired) electrons. The van der Waals surface area contributed by atoms with Gasteiger partial charge in [-0.05, 0) is 31.5 Å². The zero-order valence-corrected chi connectivity index (χ0v) is 13.5. The maximum absolute atomic E-state index is 11.0. The van der Waals surface area contributed by atoms with Gasteiger partial charge >= 0.3 is 5.97 Å². The van der Waals surface area contributed by atoms with Crippen molar-refractivity contribution in [3.8, 4) is 0 Å². The van der Waals surface area contributed by atoms with Crippen molar-refractivity contribution in [3.05, 3.63) is 34.3 Å². The molecule has 2 N–H and O–H groups in total. The van der Waals surface area contributed by atoms with Crippen LogP contribution in [0.3, 0.4) is 0 Å². The highest BCUT2D eigenvalue weighted by molar-refractivity contribution is 9.10. The van der Waals surface area contributed by atoms with Gasteiger partial charge in [-0.25, -0.2) is 0 Å². The van der Waals surface area contributed by atoms with Gasteiger partial charge in [-0.15, -0.1) is 0 Å². The molecule has 0 fully saturated rings. The Morgan fingerprint density at radius 2 is 1.89 bits per heavy atom. The van der Waals surface area contributed by atoms with E-state index in [0.29, 0.717) is 6.54 Å². The highest BCUT2D eigenvalue weighted by Gasteiger charge is 2.28. The van der Waals surface area contributed by atoms with Crippen molar-refractivity contribution >= 4 is 21.9 Å². The van der Waals surface area contributed by atoms with Crippen LogP contribution in [0.4, 0.5) is 0 Å². The van der Waals surface area contributed by atoms with E-state index >= 15 is 0 Å². The Labute approximate surface area is 123 Å². The van der Waals surface area contributed by atoms with Gasteiger partial charge in [0.05, 0.1) is 5.41 Å². The molecule has 19 heavy (non-hydrogen) atoms. The molecule has 0 heterocycles. The van der Waals surface area contributed by atoms with Gasteiger partial charge in [0.15, 0.2) is 0 Å². The van der Waals surface area contributed by atoms with E-state index in [4.69, 9.17) is 5.11 Å². The molecule has 0 unspecified atom stereocenters. The van der Waals surface area contributed by atoms with E-state index in [9.17, 15) is 4.79 Å². The molecule has 0 amide bonds. The standard InChI is InChI=1S/C15H22BrNO2/c1-14(2,11-6-5-7-12(16)8-11)9-17-10-15(3,4)13(18)19/h5-8,17H,9-10H2,1-4H3,(H,18,19). The zero-order chi connectivity index (χ0) is 14.7. The molecular formula is C15H22BrNO2. The SMILES string of the molecule is CC(C)(CNCC(C)(C)c1cccc(Br)c1)C(=O)O. The monoisotopic (exact) mass is 327 g/mol. The Hall–Kier alpha value is -0.870. The molecule has 0 aliphatic rings. The molecule has 1 rings (SSSR count). The number of hydrogen-bond acceptors (Lipinski definition) is 2. The third-order valence-electron chi connectivity index (χ3n) is 3.32. The Bertz CT molecular complexity index is 455. The number of carboxylic acid groups (broad SMARTS) is 1. The lowest BCUT2D eigenvalue weighted by Crippen LogP contribution is -2.41. The second-order valence-corrected chi connectivity index (χ2v) is 7.10. The van der Waals surface area contributed by atoms with Crippen molar-refractivity contribution in [2.45, 2.75) is 33.1 Å². The van der Waals surface area contributed by atoms with Crippen molar-refractivity contribution in [2.24, 2.45) is 5.41 Å². The topological polar surface area (TPSA) is 49.3 Å². The number of carbonyl (C=O) groups is 1. The quantitative estimate of drug-likeness (QED) is 0.841. The summed E-state index contributed by atoms with van der Waals surface area (Å²) in [6.07, 6.45) is 0. The first-order valence-electron chi connectivity index (χ1n) is 6.35. The fourth-order valence-corrected chi connectivity index (χ4v) is 2.17. The average molecular weight is 328 g/mol. The molecule has 0 aromatic heterocycles. The van der Waals surface area contributed by atoms with Crippen molar-refractivity contribution in [1.29, 1.82) is 0 Å². The van der Waals surface area contributed by atoms with Gasteiger partial charge in [0.25, 0.3) is 0 Å². The predicted molar refractivity (Wildman–Crippen MR) is 81.5 cm³/mol. The largest absolute Gasteiger partial charge is 0.481 e. The molecule has 1 aromatic carbocycles. The van der Waals surface area contributed by atoms with Gasteiger partial charge in [-0.1, -0.05) is 41.9 Å². The van der Waals surface area contributed by atoms with Crippen LogP contribution < -0.4 is 5.32 Å². The zero-order valence-electron chi connectivity index (χ0n) is 12.0. The predicted octanol–water partition coefficient (Wildman–Crippen LogP) is 3.43. The van der Waals surface area contributed by atoms with Gasteiger partial charge < -0.3 is 10.4 Å². The minimum Gasteiger partial charge on any atom is -0.481 e. The molecule has 0 bridgehead atoms. The average Bonchev–Trinajstić information content (AvgIpc) is 2.28. The maximum Gasteiger partial charge on any atom is 0.310 e. The number of carboxylic acids is 1. The minimum atomic E-state index is -0.778. The van der Waals surface area contributed by atoms with Crippen LogP contribution >= 0.6 is 15.9 Å². The van der Waals surface area contributed by atoms with Gasteiger partial charge in [-0.3, -0.25) is 4.79 Å². The molecule has 0 aliphatic heterocycles. The number of hydrogen-bond donors (Lipinski definition) is 2. The lowest BCUT2D eigenvalue weighted by molar-refractivity contribution is -0.146. The highest BCUT2D eigenvalue weighted by Crippen LogP contribution is 2.25. The van der Waals surface area contributed by atoms with Crippen molar-refractivity contribution in [1.82, 2.24) is 5.32 Å². The molecule has 0 aliphatic carbocycles. The summed E-state index contributed by atoms with van der Waals surface area (Å²) in [6.45, 7) is 8.95. The molecule has 1 aromatic rings. The van der Waals surface area contributed by atoms with E-state index in [-0.39, 0.29) is 5.41 Å². The number of halogens is 1. The molecule has 0 spiro atoms. The molecule has 0 atom stereocenters. The Morgan fingerprint density at radius 3 is 2.42 bits per heavy atom. The lowest BCUT2D eigenvalue weighted by atomic mass is 9.84. The van der Waals surface area contributed by atoms with Gasteiger partial charge in [0, 0.05) is 23.0 Å². The van der Waals surface area contributed by atoms with Crippen LogP contribution in [0.15, 0.2) is 28.7 Å². The summed E-state index contributed by atoms with van der Waals surface area (Å²) in [6, 6.07) is 8.21. The van der Waals surface area contributed by atoms with Gasteiger partial charge in [0.1, 0.15) is 0 Å². The van der Waals surface area contributed by atoms with E-state index in [1.54, 1.807) is 13.8 Å². The second kappa shape index (κ2) is 6.06. The van der Waals surface area contributed by atoms with Crippen LogP contribution in [0, 0.1) is 5.41 Å². The Balaban J connectivity index is 2.64. The van der Waals surface area contributed by atoms with Crippen LogP contribution in [-0.4, -0.2) is 24.2 Å².